The number of sulfone groups is 1. The van der Waals surface area contributed by atoms with Gasteiger partial charge in [-0.2, -0.15) is 0 Å². The van der Waals surface area contributed by atoms with Crippen molar-refractivity contribution < 1.29 is 17.6 Å². The van der Waals surface area contributed by atoms with Crippen molar-refractivity contribution in [2.75, 3.05) is 24.6 Å². The number of aromatic nitrogens is 1. The van der Waals surface area contributed by atoms with E-state index in [1.165, 1.54) is 4.90 Å². The van der Waals surface area contributed by atoms with Crippen LogP contribution in [0.4, 0.5) is 4.39 Å². The zero-order chi connectivity index (χ0) is 13.3. The molecule has 0 spiro atoms. The van der Waals surface area contributed by atoms with Gasteiger partial charge < -0.3 is 9.88 Å². The van der Waals surface area contributed by atoms with Crippen LogP contribution in [0.5, 0.6) is 0 Å². The van der Waals surface area contributed by atoms with Crippen LogP contribution < -0.4 is 0 Å². The lowest BCUT2D eigenvalue weighted by atomic mass is 10.2. The Hall–Kier alpha value is -1.37. The molecule has 1 aliphatic heterocycles. The number of nitrogens with zero attached hydrogens (tertiary/aromatic N) is 1. The first kappa shape index (κ1) is 13.1. The number of hydrogen-bond acceptors (Lipinski definition) is 3. The minimum absolute atomic E-state index is 0.0354. The average molecular weight is 274 g/mol. The van der Waals surface area contributed by atoms with Gasteiger partial charge in [0.05, 0.1) is 11.5 Å². The molecule has 1 aliphatic rings. The number of amides is 1. The van der Waals surface area contributed by atoms with Crippen molar-refractivity contribution in [3.8, 4) is 0 Å². The summed E-state index contributed by atoms with van der Waals surface area (Å²) in [6.45, 7) is 2.32. The molecule has 1 unspecified atom stereocenters. The van der Waals surface area contributed by atoms with E-state index in [0.717, 1.165) is 12.3 Å². The third-order valence-electron chi connectivity index (χ3n) is 2.91. The van der Waals surface area contributed by atoms with E-state index in [2.05, 4.69) is 4.98 Å². The molecule has 0 radical (unpaired) electrons. The Balaban J connectivity index is 2.16. The van der Waals surface area contributed by atoms with Crippen LogP contribution >= 0.6 is 0 Å². The van der Waals surface area contributed by atoms with E-state index >= 15 is 0 Å². The Kier molecular flexibility index (Phi) is 3.43. The summed E-state index contributed by atoms with van der Waals surface area (Å²) in [5.41, 5.74) is 0.152. The van der Waals surface area contributed by atoms with E-state index in [4.69, 9.17) is 0 Å². The van der Waals surface area contributed by atoms with Gasteiger partial charge in [0.15, 0.2) is 9.84 Å². The number of carbonyl (C=O) groups excluding carboxylic acids is 1. The number of nitrogens with one attached hydrogen (secondary N) is 1. The molecule has 0 bridgehead atoms. The maximum atomic E-state index is 12.8. The van der Waals surface area contributed by atoms with Crippen LogP contribution in [0.25, 0.3) is 0 Å². The summed E-state index contributed by atoms with van der Waals surface area (Å²) >= 11 is 0. The molecule has 100 valence electrons. The Bertz CT molecular complexity index is 552. The first-order valence-corrected chi connectivity index (χ1v) is 7.53. The molecule has 1 amide bonds. The Morgan fingerprint density at radius 2 is 2.28 bits per heavy atom. The van der Waals surface area contributed by atoms with Crippen LogP contribution in [0, 0.1) is 11.7 Å². The van der Waals surface area contributed by atoms with Crippen molar-refractivity contribution in [3.05, 3.63) is 23.8 Å². The summed E-state index contributed by atoms with van der Waals surface area (Å²) in [6, 6.07) is 1.12. The molecule has 2 rings (SSSR count). The molecule has 2 heterocycles. The highest BCUT2D eigenvalue weighted by atomic mass is 32.2. The second-order valence-electron chi connectivity index (χ2n) is 4.70. The lowest BCUT2D eigenvalue weighted by molar-refractivity contribution is 0.0746. The smallest absolute Gasteiger partial charge is 0.270 e. The predicted molar refractivity (Wildman–Crippen MR) is 64.5 cm³/mol. The van der Waals surface area contributed by atoms with E-state index in [9.17, 15) is 17.6 Å². The number of H-pyrrole nitrogens is 1. The maximum absolute atomic E-state index is 12.8. The maximum Gasteiger partial charge on any atom is 0.270 e. The molecule has 18 heavy (non-hydrogen) atoms. The normalized spacial score (nSPS) is 23.7. The highest BCUT2D eigenvalue weighted by Crippen LogP contribution is 2.14. The molecule has 0 saturated carbocycles. The van der Waals surface area contributed by atoms with Gasteiger partial charge in [-0.1, -0.05) is 6.92 Å². The van der Waals surface area contributed by atoms with Crippen LogP contribution in [-0.4, -0.2) is 48.8 Å². The van der Waals surface area contributed by atoms with E-state index in [1.54, 1.807) is 6.92 Å². The van der Waals surface area contributed by atoms with Crippen molar-refractivity contribution in [3.63, 3.8) is 0 Å². The van der Waals surface area contributed by atoms with Crippen molar-refractivity contribution in [2.24, 2.45) is 5.92 Å². The Labute approximate surface area is 105 Å². The molecule has 0 aliphatic carbocycles. The van der Waals surface area contributed by atoms with Gasteiger partial charge in [-0.3, -0.25) is 4.79 Å². The first-order valence-electron chi connectivity index (χ1n) is 5.71. The molecule has 1 fully saturated rings. The minimum atomic E-state index is -3.09. The second kappa shape index (κ2) is 4.72. The zero-order valence-electron chi connectivity index (χ0n) is 10.0. The molecule has 1 saturated heterocycles. The summed E-state index contributed by atoms with van der Waals surface area (Å²) in [5.74, 6) is -0.916. The van der Waals surface area contributed by atoms with Crippen LogP contribution in [0.15, 0.2) is 12.3 Å². The summed E-state index contributed by atoms with van der Waals surface area (Å²) in [5, 5.41) is 0. The standard InChI is InChI=1S/C11H15FN2O3S/c1-8-6-14(2-3-18(16,17)7-8)11(15)10-4-9(12)5-13-10/h4-5,8,13H,2-3,6-7H2,1H3. The van der Waals surface area contributed by atoms with Crippen LogP contribution in [0.1, 0.15) is 17.4 Å². The molecule has 1 aromatic heterocycles. The lowest BCUT2D eigenvalue weighted by Crippen LogP contribution is -2.35. The van der Waals surface area contributed by atoms with Gasteiger partial charge in [-0.15, -0.1) is 0 Å². The van der Waals surface area contributed by atoms with E-state index in [0.29, 0.717) is 6.54 Å². The van der Waals surface area contributed by atoms with Gasteiger partial charge in [0.1, 0.15) is 11.5 Å². The van der Waals surface area contributed by atoms with Crippen LogP contribution in [-0.2, 0) is 9.84 Å². The largest absolute Gasteiger partial charge is 0.355 e. The third-order valence-corrected chi connectivity index (χ3v) is 4.79. The van der Waals surface area contributed by atoms with Crippen molar-refractivity contribution in [1.29, 1.82) is 0 Å². The fourth-order valence-electron chi connectivity index (χ4n) is 2.13. The topological polar surface area (TPSA) is 70.2 Å². The van der Waals surface area contributed by atoms with Crippen molar-refractivity contribution in [2.45, 2.75) is 6.92 Å². The van der Waals surface area contributed by atoms with E-state index in [-0.39, 0.29) is 35.6 Å². The molecule has 5 nitrogen and oxygen atoms in total. The Morgan fingerprint density at radius 3 is 2.89 bits per heavy atom. The Morgan fingerprint density at radius 1 is 1.56 bits per heavy atom. The minimum Gasteiger partial charge on any atom is -0.355 e. The monoisotopic (exact) mass is 274 g/mol. The molecule has 7 heteroatoms. The fraction of sp³-hybridized carbons (Fsp3) is 0.545. The van der Waals surface area contributed by atoms with Crippen LogP contribution in [0.3, 0.4) is 0 Å². The average Bonchev–Trinajstić information content (AvgIpc) is 2.63. The van der Waals surface area contributed by atoms with Gasteiger partial charge in [-0.05, 0) is 5.92 Å². The molecule has 1 atom stereocenters. The SMILES string of the molecule is CC1CN(C(=O)c2cc(F)c[nH]2)CCS(=O)(=O)C1. The first-order chi connectivity index (χ1) is 8.37. The number of hydrogen-bond donors (Lipinski definition) is 1. The van der Waals surface area contributed by atoms with Gasteiger partial charge in [0, 0.05) is 25.4 Å². The molecule has 1 N–H and O–H groups in total. The molecular formula is C11H15FN2O3S. The molecule has 0 aromatic carbocycles. The van der Waals surface area contributed by atoms with Crippen molar-refractivity contribution in [1.82, 2.24) is 9.88 Å². The zero-order valence-corrected chi connectivity index (χ0v) is 10.8. The van der Waals surface area contributed by atoms with Gasteiger partial charge >= 0.3 is 0 Å². The summed E-state index contributed by atoms with van der Waals surface area (Å²) < 4.78 is 36.0. The van der Waals surface area contributed by atoms with Gasteiger partial charge in [-0.25, -0.2) is 12.8 Å². The number of halogens is 1. The highest BCUT2D eigenvalue weighted by Gasteiger charge is 2.27. The van der Waals surface area contributed by atoms with E-state index in [1.807, 2.05) is 0 Å². The highest BCUT2D eigenvalue weighted by molar-refractivity contribution is 7.91. The third kappa shape index (κ3) is 2.90. The second-order valence-corrected chi connectivity index (χ2v) is 6.93. The number of aromatic amines is 1. The van der Waals surface area contributed by atoms with Crippen molar-refractivity contribution >= 4 is 15.7 Å². The molecular weight excluding hydrogens is 259 g/mol. The quantitative estimate of drug-likeness (QED) is 0.818. The van der Waals surface area contributed by atoms with Gasteiger partial charge in [0.25, 0.3) is 5.91 Å². The van der Waals surface area contributed by atoms with Gasteiger partial charge in [0.2, 0.25) is 0 Å². The summed E-state index contributed by atoms with van der Waals surface area (Å²) in [6.07, 6.45) is 1.10. The lowest BCUT2D eigenvalue weighted by Gasteiger charge is -2.21. The van der Waals surface area contributed by atoms with E-state index < -0.39 is 15.7 Å². The predicted octanol–water partition coefficient (Wildman–Crippen LogP) is 0.660. The fourth-order valence-corrected chi connectivity index (χ4v) is 3.77. The van der Waals surface area contributed by atoms with Crippen LogP contribution in [0.2, 0.25) is 0 Å². The summed E-state index contributed by atoms with van der Waals surface area (Å²) in [7, 11) is -3.09. The number of carbonyl (C=O) groups is 1. The molecule has 1 aromatic rings. The summed E-state index contributed by atoms with van der Waals surface area (Å²) in [4.78, 5) is 16.1. The number of rotatable bonds is 1.